The van der Waals surface area contributed by atoms with Crippen LogP contribution in [0.5, 0.6) is 0 Å². The summed E-state index contributed by atoms with van der Waals surface area (Å²) in [5.74, 6) is 1.03. The number of nitrogens with one attached hydrogen (secondary N) is 1. The van der Waals surface area contributed by atoms with E-state index in [0.717, 1.165) is 42.2 Å². The van der Waals surface area contributed by atoms with E-state index in [1.165, 1.54) is 0 Å². The smallest absolute Gasteiger partial charge is 0.411 e. The number of carbonyl (C=O) groups excluding carboxylic acids is 1. The summed E-state index contributed by atoms with van der Waals surface area (Å²) in [5.41, 5.74) is 3.86. The third-order valence-electron chi connectivity index (χ3n) is 4.47. The molecule has 0 unspecified atom stereocenters. The van der Waals surface area contributed by atoms with E-state index in [-0.39, 0.29) is 0 Å². The quantitative estimate of drug-likeness (QED) is 0.747. The molecule has 0 saturated heterocycles. The first-order chi connectivity index (χ1) is 12.6. The van der Waals surface area contributed by atoms with Gasteiger partial charge in [0.15, 0.2) is 0 Å². The lowest BCUT2D eigenvalue weighted by Gasteiger charge is -2.30. The van der Waals surface area contributed by atoms with Crippen LogP contribution >= 0.6 is 11.6 Å². The Kier molecular flexibility index (Phi) is 4.42. The van der Waals surface area contributed by atoms with Crippen LogP contribution in [0.25, 0.3) is 11.0 Å². The van der Waals surface area contributed by atoms with Crippen molar-refractivity contribution in [3.8, 4) is 0 Å². The molecule has 0 spiro atoms. The second-order valence-corrected chi connectivity index (χ2v) is 6.56. The SMILES string of the molecule is CCOC(=O)Nc1ccc(N2CCn3c(nc4cc(Cl)ccc43)C2)cc1. The Morgan fingerprint density at radius 3 is 2.81 bits per heavy atom. The maximum atomic E-state index is 11.5. The summed E-state index contributed by atoms with van der Waals surface area (Å²) < 4.78 is 7.14. The topological polar surface area (TPSA) is 59.4 Å². The summed E-state index contributed by atoms with van der Waals surface area (Å²) in [4.78, 5) is 18.5. The van der Waals surface area contributed by atoms with Crippen molar-refractivity contribution in [2.75, 3.05) is 23.4 Å². The number of halogens is 1. The zero-order chi connectivity index (χ0) is 18.1. The monoisotopic (exact) mass is 370 g/mol. The van der Waals surface area contributed by atoms with Crippen LogP contribution in [0.3, 0.4) is 0 Å². The van der Waals surface area contributed by atoms with Gasteiger partial charge in [-0.15, -0.1) is 0 Å². The molecule has 1 aliphatic heterocycles. The van der Waals surface area contributed by atoms with Crippen molar-refractivity contribution < 1.29 is 9.53 Å². The number of anilines is 2. The van der Waals surface area contributed by atoms with Crippen LogP contribution in [0, 0.1) is 0 Å². The van der Waals surface area contributed by atoms with E-state index in [1.54, 1.807) is 6.92 Å². The number of rotatable bonds is 3. The summed E-state index contributed by atoms with van der Waals surface area (Å²) in [6.45, 7) is 4.63. The van der Waals surface area contributed by atoms with Crippen LogP contribution < -0.4 is 10.2 Å². The van der Waals surface area contributed by atoms with Crippen molar-refractivity contribution in [3.05, 3.63) is 53.3 Å². The van der Waals surface area contributed by atoms with E-state index in [2.05, 4.69) is 14.8 Å². The molecule has 134 valence electrons. The molecule has 0 atom stereocenters. The lowest BCUT2D eigenvalue weighted by Crippen LogP contribution is -2.33. The average Bonchev–Trinajstić information content (AvgIpc) is 2.99. The minimum atomic E-state index is -0.439. The fraction of sp³-hybridized carbons (Fsp3) is 0.263. The van der Waals surface area contributed by atoms with E-state index in [4.69, 9.17) is 21.3 Å². The third-order valence-corrected chi connectivity index (χ3v) is 4.70. The van der Waals surface area contributed by atoms with Gasteiger partial charge in [0.1, 0.15) is 5.82 Å². The second kappa shape index (κ2) is 6.88. The molecule has 0 fully saturated rings. The number of amides is 1. The lowest BCUT2D eigenvalue weighted by atomic mass is 10.2. The molecule has 1 aromatic heterocycles. The summed E-state index contributed by atoms with van der Waals surface area (Å²) in [5, 5.41) is 3.41. The molecule has 0 aliphatic carbocycles. The zero-order valence-corrected chi connectivity index (χ0v) is 15.2. The number of ether oxygens (including phenoxy) is 1. The van der Waals surface area contributed by atoms with Gasteiger partial charge in [-0.3, -0.25) is 5.32 Å². The van der Waals surface area contributed by atoms with Gasteiger partial charge in [-0.1, -0.05) is 11.6 Å². The highest BCUT2D eigenvalue weighted by molar-refractivity contribution is 6.31. The number of imidazole rings is 1. The first-order valence-electron chi connectivity index (χ1n) is 8.57. The van der Waals surface area contributed by atoms with E-state index in [1.807, 2.05) is 42.5 Å². The maximum Gasteiger partial charge on any atom is 0.411 e. The molecule has 0 bridgehead atoms. The van der Waals surface area contributed by atoms with E-state index in [0.29, 0.717) is 17.3 Å². The summed E-state index contributed by atoms with van der Waals surface area (Å²) in [6, 6.07) is 13.6. The number of carbonyl (C=O) groups is 1. The van der Waals surface area contributed by atoms with E-state index >= 15 is 0 Å². The number of benzene rings is 2. The molecule has 1 amide bonds. The zero-order valence-electron chi connectivity index (χ0n) is 14.4. The van der Waals surface area contributed by atoms with Gasteiger partial charge in [0.05, 0.1) is 24.2 Å². The van der Waals surface area contributed by atoms with Crippen LogP contribution in [-0.4, -0.2) is 28.8 Å². The largest absolute Gasteiger partial charge is 0.450 e. The number of hydrogen-bond donors (Lipinski definition) is 1. The molecular formula is C19H19ClN4O2. The van der Waals surface area contributed by atoms with Crippen LogP contribution in [0.1, 0.15) is 12.7 Å². The van der Waals surface area contributed by atoms with Crippen molar-refractivity contribution >= 4 is 40.1 Å². The van der Waals surface area contributed by atoms with Gasteiger partial charge in [0.25, 0.3) is 0 Å². The molecule has 3 aromatic rings. The van der Waals surface area contributed by atoms with Gasteiger partial charge in [0, 0.05) is 29.5 Å². The first kappa shape index (κ1) is 16.7. The molecule has 4 rings (SSSR count). The third kappa shape index (κ3) is 3.20. The van der Waals surface area contributed by atoms with Crippen molar-refractivity contribution in [3.63, 3.8) is 0 Å². The van der Waals surface area contributed by atoms with Crippen LogP contribution in [0.2, 0.25) is 5.02 Å². The number of hydrogen-bond acceptors (Lipinski definition) is 4. The normalized spacial score (nSPS) is 13.5. The molecular weight excluding hydrogens is 352 g/mol. The molecule has 1 aliphatic rings. The Hall–Kier alpha value is -2.73. The van der Waals surface area contributed by atoms with Crippen LogP contribution in [0.4, 0.5) is 16.2 Å². The Morgan fingerprint density at radius 1 is 1.23 bits per heavy atom. The van der Waals surface area contributed by atoms with Crippen LogP contribution in [0.15, 0.2) is 42.5 Å². The number of aromatic nitrogens is 2. The Morgan fingerprint density at radius 2 is 2.04 bits per heavy atom. The molecule has 1 N–H and O–H groups in total. The summed E-state index contributed by atoms with van der Waals surface area (Å²) in [6.07, 6.45) is -0.439. The standard InChI is InChI=1S/C19H19ClN4O2/c1-2-26-19(25)21-14-4-6-15(7-5-14)23-9-10-24-17-8-3-13(20)11-16(17)22-18(24)12-23/h3-8,11H,2,9-10,12H2,1H3,(H,21,25). The van der Waals surface area contributed by atoms with Gasteiger partial charge in [0.2, 0.25) is 0 Å². The Labute approximate surface area is 156 Å². The van der Waals surface area contributed by atoms with Gasteiger partial charge < -0.3 is 14.2 Å². The summed E-state index contributed by atoms with van der Waals surface area (Å²) >= 11 is 6.08. The second-order valence-electron chi connectivity index (χ2n) is 6.13. The first-order valence-corrected chi connectivity index (χ1v) is 8.95. The fourth-order valence-electron chi connectivity index (χ4n) is 3.25. The lowest BCUT2D eigenvalue weighted by molar-refractivity contribution is 0.168. The highest BCUT2D eigenvalue weighted by Gasteiger charge is 2.20. The van der Waals surface area contributed by atoms with Crippen molar-refractivity contribution in [1.82, 2.24) is 9.55 Å². The van der Waals surface area contributed by atoms with Gasteiger partial charge in [-0.05, 0) is 49.4 Å². The highest BCUT2D eigenvalue weighted by Crippen LogP contribution is 2.27. The summed E-state index contributed by atoms with van der Waals surface area (Å²) in [7, 11) is 0. The molecule has 6 nitrogen and oxygen atoms in total. The van der Waals surface area contributed by atoms with Crippen molar-refractivity contribution in [2.24, 2.45) is 0 Å². The van der Waals surface area contributed by atoms with Gasteiger partial charge in [-0.2, -0.15) is 0 Å². The highest BCUT2D eigenvalue weighted by atomic mass is 35.5. The Balaban J connectivity index is 1.51. The molecule has 0 radical (unpaired) electrons. The minimum absolute atomic E-state index is 0.351. The molecule has 7 heteroatoms. The van der Waals surface area contributed by atoms with E-state index < -0.39 is 6.09 Å². The van der Waals surface area contributed by atoms with Crippen molar-refractivity contribution in [2.45, 2.75) is 20.0 Å². The molecule has 26 heavy (non-hydrogen) atoms. The molecule has 0 saturated carbocycles. The predicted molar refractivity (Wildman–Crippen MR) is 103 cm³/mol. The van der Waals surface area contributed by atoms with E-state index in [9.17, 15) is 4.79 Å². The fourth-order valence-corrected chi connectivity index (χ4v) is 3.42. The minimum Gasteiger partial charge on any atom is -0.450 e. The number of nitrogens with zero attached hydrogens (tertiary/aromatic N) is 3. The van der Waals surface area contributed by atoms with Crippen molar-refractivity contribution in [1.29, 1.82) is 0 Å². The van der Waals surface area contributed by atoms with Crippen LogP contribution in [-0.2, 0) is 17.8 Å². The van der Waals surface area contributed by atoms with Gasteiger partial charge in [-0.25, -0.2) is 9.78 Å². The Bertz CT molecular complexity index is 952. The maximum absolute atomic E-state index is 11.5. The molecule has 2 heterocycles. The number of fused-ring (bicyclic) bond motifs is 3. The molecule has 2 aromatic carbocycles. The predicted octanol–water partition coefficient (Wildman–Crippen LogP) is 4.28. The van der Waals surface area contributed by atoms with Gasteiger partial charge >= 0.3 is 6.09 Å². The average molecular weight is 371 g/mol.